The molecular weight excluding hydrogens is 180 g/mol. The summed E-state index contributed by atoms with van der Waals surface area (Å²) in [6.07, 6.45) is 1.62. The van der Waals surface area contributed by atoms with Gasteiger partial charge in [-0.2, -0.15) is 5.10 Å². The molecule has 1 rings (SSSR count). The van der Waals surface area contributed by atoms with E-state index >= 15 is 0 Å². The lowest BCUT2D eigenvalue weighted by Crippen LogP contribution is -2.15. The van der Waals surface area contributed by atoms with Gasteiger partial charge in [0.1, 0.15) is 0 Å². The van der Waals surface area contributed by atoms with Crippen LogP contribution in [0.15, 0.2) is 11.4 Å². The summed E-state index contributed by atoms with van der Waals surface area (Å²) >= 11 is 0. The first-order valence-corrected chi connectivity index (χ1v) is 4.56. The molecule has 0 aliphatic rings. The summed E-state index contributed by atoms with van der Waals surface area (Å²) in [4.78, 5) is 0. The lowest BCUT2D eigenvalue weighted by molar-refractivity contribution is 0.318. The van der Waals surface area contributed by atoms with Crippen molar-refractivity contribution >= 4 is 5.84 Å². The molecule has 0 amide bonds. The third kappa shape index (κ3) is 2.04. The highest BCUT2D eigenvalue weighted by Gasteiger charge is 2.10. The third-order valence-electron chi connectivity index (χ3n) is 2.02. The second kappa shape index (κ2) is 4.13. The maximum Gasteiger partial charge on any atom is 0.173 e. The number of hydrogen-bond donors (Lipinski definition) is 2. The summed E-state index contributed by atoms with van der Waals surface area (Å²) < 4.78 is 1.86. The molecule has 0 atom stereocenters. The summed E-state index contributed by atoms with van der Waals surface area (Å²) in [7, 11) is 0. The predicted octanol–water partition coefficient (Wildman–Crippen LogP) is 0.942. The molecule has 1 heterocycles. The molecule has 14 heavy (non-hydrogen) atoms. The number of nitrogens with zero attached hydrogens (tertiary/aromatic N) is 3. The van der Waals surface area contributed by atoms with E-state index in [2.05, 4.69) is 24.1 Å². The fourth-order valence-corrected chi connectivity index (χ4v) is 1.28. The van der Waals surface area contributed by atoms with Crippen molar-refractivity contribution in [1.82, 2.24) is 9.78 Å². The van der Waals surface area contributed by atoms with Crippen LogP contribution in [0.2, 0.25) is 0 Å². The SMILES string of the molecule is Cc1c(/C(N)=N\O)cnn1CC(C)C. The van der Waals surface area contributed by atoms with Crippen molar-refractivity contribution in [2.24, 2.45) is 16.8 Å². The van der Waals surface area contributed by atoms with Gasteiger partial charge in [0.15, 0.2) is 5.84 Å². The van der Waals surface area contributed by atoms with Gasteiger partial charge in [0.2, 0.25) is 0 Å². The molecule has 0 radical (unpaired) electrons. The largest absolute Gasteiger partial charge is 0.409 e. The number of rotatable bonds is 3. The van der Waals surface area contributed by atoms with Gasteiger partial charge in [-0.05, 0) is 12.8 Å². The number of aromatic nitrogens is 2. The Hall–Kier alpha value is -1.52. The third-order valence-corrected chi connectivity index (χ3v) is 2.02. The van der Waals surface area contributed by atoms with Crippen molar-refractivity contribution in [1.29, 1.82) is 0 Å². The van der Waals surface area contributed by atoms with E-state index in [1.165, 1.54) is 0 Å². The fraction of sp³-hybridized carbons (Fsp3) is 0.556. The average molecular weight is 196 g/mol. The van der Waals surface area contributed by atoms with Crippen LogP contribution in [0.25, 0.3) is 0 Å². The molecule has 1 aromatic heterocycles. The van der Waals surface area contributed by atoms with E-state index in [4.69, 9.17) is 10.9 Å². The molecule has 0 spiro atoms. The molecule has 5 nitrogen and oxygen atoms in total. The van der Waals surface area contributed by atoms with Crippen molar-refractivity contribution in [2.45, 2.75) is 27.3 Å². The molecular formula is C9H16N4O. The predicted molar refractivity (Wildman–Crippen MR) is 54.3 cm³/mol. The fourth-order valence-electron chi connectivity index (χ4n) is 1.28. The van der Waals surface area contributed by atoms with Crippen LogP contribution in [-0.2, 0) is 6.54 Å². The molecule has 0 fully saturated rings. The van der Waals surface area contributed by atoms with Gasteiger partial charge in [0.05, 0.1) is 11.8 Å². The highest BCUT2D eigenvalue weighted by molar-refractivity contribution is 5.97. The van der Waals surface area contributed by atoms with Crippen molar-refractivity contribution in [3.8, 4) is 0 Å². The first kappa shape index (κ1) is 10.6. The van der Waals surface area contributed by atoms with Gasteiger partial charge in [-0.3, -0.25) is 4.68 Å². The standard InChI is InChI=1S/C9H16N4O/c1-6(2)5-13-7(3)8(4-11-13)9(10)12-14/h4,6,14H,5H2,1-3H3,(H2,10,12). The Kier molecular flexibility index (Phi) is 3.11. The maximum atomic E-state index is 8.53. The second-order valence-electron chi connectivity index (χ2n) is 3.70. The quantitative estimate of drug-likeness (QED) is 0.327. The highest BCUT2D eigenvalue weighted by Crippen LogP contribution is 2.08. The van der Waals surface area contributed by atoms with Crippen molar-refractivity contribution in [2.75, 3.05) is 0 Å². The van der Waals surface area contributed by atoms with Crippen LogP contribution in [-0.4, -0.2) is 20.8 Å². The summed E-state index contributed by atoms with van der Waals surface area (Å²) in [6, 6.07) is 0. The van der Waals surface area contributed by atoms with Gasteiger partial charge in [-0.25, -0.2) is 0 Å². The van der Waals surface area contributed by atoms with Crippen molar-refractivity contribution in [3.63, 3.8) is 0 Å². The molecule has 1 aromatic rings. The second-order valence-corrected chi connectivity index (χ2v) is 3.70. The smallest absolute Gasteiger partial charge is 0.173 e. The van der Waals surface area contributed by atoms with Gasteiger partial charge >= 0.3 is 0 Å². The molecule has 0 aliphatic heterocycles. The lowest BCUT2D eigenvalue weighted by atomic mass is 10.2. The molecule has 0 unspecified atom stereocenters. The lowest BCUT2D eigenvalue weighted by Gasteiger charge is -2.07. The molecule has 0 aromatic carbocycles. The molecule has 0 saturated carbocycles. The Labute approximate surface area is 83.2 Å². The van der Waals surface area contributed by atoms with Crippen LogP contribution >= 0.6 is 0 Å². The van der Waals surface area contributed by atoms with E-state index in [1.807, 2.05) is 11.6 Å². The molecule has 0 bridgehead atoms. The van der Waals surface area contributed by atoms with Gasteiger partial charge in [-0.1, -0.05) is 19.0 Å². The average Bonchev–Trinajstić information content (AvgIpc) is 2.46. The Bertz CT molecular complexity index is 341. The summed E-state index contributed by atoms with van der Waals surface area (Å²) in [5.74, 6) is 0.631. The monoisotopic (exact) mass is 196 g/mol. The number of oxime groups is 1. The number of hydrogen-bond acceptors (Lipinski definition) is 3. The summed E-state index contributed by atoms with van der Waals surface area (Å²) in [6.45, 7) is 6.97. The van der Waals surface area contributed by atoms with Crippen LogP contribution < -0.4 is 5.73 Å². The van der Waals surface area contributed by atoms with E-state index < -0.39 is 0 Å². The van der Waals surface area contributed by atoms with Crippen LogP contribution in [0.4, 0.5) is 0 Å². The zero-order valence-corrected chi connectivity index (χ0v) is 8.73. The van der Waals surface area contributed by atoms with Crippen LogP contribution in [0.1, 0.15) is 25.1 Å². The minimum atomic E-state index is 0.109. The molecule has 0 saturated heterocycles. The minimum absolute atomic E-state index is 0.109. The van der Waals surface area contributed by atoms with E-state index in [1.54, 1.807) is 6.20 Å². The molecule has 5 heteroatoms. The number of nitrogens with two attached hydrogens (primary N) is 1. The van der Waals surface area contributed by atoms with Crippen molar-refractivity contribution < 1.29 is 5.21 Å². The molecule has 0 aliphatic carbocycles. The molecule has 3 N–H and O–H groups in total. The van der Waals surface area contributed by atoms with Gasteiger partial charge in [-0.15, -0.1) is 0 Å². The van der Waals surface area contributed by atoms with Crippen LogP contribution in [0, 0.1) is 12.8 Å². The highest BCUT2D eigenvalue weighted by atomic mass is 16.4. The van der Waals surface area contributed by atoms with E-state index in [0.717, 1.165) is 12.2 Å². The summed E-state index contributed by atoms with van der Waals surface area (Å²) in [5, 5.41) is 15.7. The zero-order chi connectivity index (χ0) is 10.7. The van der Waals surface area contributed by atoms with Crippen LogP contribution in [0.5, 0.6) is 0 Å². The number of amidine groups is 1. The minimum Gasteiger partial charge on any atom is -0.409 e. The van der Waals surface area contributed by atoms with Gasteiger partial charge in [0.25, 0.3) is 0 Å². The van der Waals surface area contributed by atoms with E-state index in [0.29, 0.717) is 11.5 Å². The van der Waals surface area contributed by atoms with Gasteiger partial charge < -0.3 is 10.9 Å². The van der Waals surface area contributed by atoms with Crippen LogP contribution in [0.3, 0.4) is 0 Å². The first-order chi connectivity index (χ1) is 6.56. The topological polar surface area (TPSA) is 76.4 Å². The Morgan fingerprint density at radius 3 is 2.86 bits per heavy atom. The van der Waals surface area contributed by atoms with Gasteiger partial charge in [0, 0.05) is 12.2 Å². The van der Waals surface area contributed by atoms with Crippen molar-refractivity contribution in [3.05, 3.63) is 17.5 Å². The Morgan fingerprint density at radius 2 is 2.36 bits per heavy atom. The summed E-state index contributed by atoms with van der Waals surface area (Å²) in [5.41, 5.74) is 7.10. The maximum absolute atomic E-state index is 8.53. The zero-order valence-electron chi connectivity index (χ0n) is 8.73. The first-order valence-electron chi connectivity index (χ1n) is 4.56. The molecule has 78 valence electrons. The van der Waals surface area contributed by atoms with E-state index in [-0.39, 0.29) is 5.84 Å². The Balaban J connectivity index is 2.96. The normalized spacial score (nSPS) is 12.4. The van der Waals surface area contributed by atoms with E-state index in [9.17, 15) is 0 Å². The Morgan fingerprint density at radius 1 is 1.71 bits per heavy atom.